The zero-order valence-corrected chi connectivity index (χ0v) is 12.4. The smallest absolute Gasteiger partial charge is 0.323 e. The molecular weight excluding hydrogens is 270 g/mol. The lowest BCUT2D eigenvalue weighted by molar-refractivity contribution is -0.137. The van der Waals surface area contributed by atoms with Gasteiger partial charge in [0, 0.05) is 25.5 Å². The molecular formula is C15H19N3O3. The normalized spacial score (nSPS) is 9.62. The second-order valence-corrected chi connectivity index (χ2v) is 4.78. The van der Waals surface area contributed by atoms with Crippen molar-refractivity contribution >= 4 is 23.4 Å². The third-order valence-corrected chi connectivity index (χ3v) is 2.84. The maximum Gasteiger partial charge on any atom is 0.323 e. The molecule has 1 rings (SSSR count). The third kappa shape index (κ3) is 4.73. The fourth-order valence-corrected chi connectivity index (χ4v) is 1.84. The molecule has 0 bridgehead atoms. The summed E-state index contributed by atoms with van der Waals surface area (Å²) in [6.07, 6.45) is 5.15. The number of aliphatic carboxylic acids is 1. The summed E-state index contributed by atoms with van der Waals surface area (Å²) >= 11 is 0. The summed E-state index contributed by atoms with van der Waals surface area (Å²) < 4.78 is 0. The minimum Gasteiger partial charge on any atom is -0.480 e. The van der Waals surface area contributed by atoms with E-state index in [0.717, 1.165) is 16.2 Å². The molecule has 2 N–H and O–H groups in total. The number of rotatable bonds is 5. The molecule has 0 spiro atoms. The Bertz CT molecular complexity index is 576. The van der Waals surface area contributed by atoms with Crippen molar-refractivity contribution in [3.8, 4) is 12.3 Å². The Balaban J connectivity index is 2.88. The lowest BCUT2D eigenvalue weighted by Crippen LogP contribution is -2.39. The van der Waals surface area contributed by atoms with Gasteiger partial charge in [-0.1, -0.05) is 12.0 Å². The van der Waals surface area contributed by atoms with Crippen molar-refractivity contribution in [3.05, 3.63) is 23.8 Å². The van der Waals surface area contributed by atoms with Crippen LogP contribution in [0.2, 0.25) is 0 Å². The van der Waals surface area contributed by atoms with Crippen molar-refractivity contribution < 1.29 is 14.7 Å². The monoisotopic (exact) mass is 289 g/mol. The molecule has 0 aromatic heterocycles. The average molecular weight is 289 g/mol. The van der Waals surface area contributed by atoms with Gasteiger partial charge < -0.3 is 20.2 Å². The minimum atomic E-state index is -1.11. The summed E-state index contributed by atoms with van der Waals surface area (Å²) in [4.78, 5) is 25.8. The van der Waals surface area contributed by atoms with E-state index in [1.54, 1.807) is 6.07 Å². The first-order chi connectivity index (χ1) is 9.85. The minimum absolute atomic E-state index is 0.0649. The van der Waals surface area contributed by atoms with E-state index in [2.05, 4.69) is 11.2 Å². The topological polar surface area (TPSA) is 72.9 Å². The second-order valence-electron chi connectivity index (χ2n) is 4.78. The lowest BCUT2D eigenvalue weighted by Gasteiger charge is -2.20. The lowest BCUT2D eigenvalue weighted by atomic mass is 10.1. The number of carboxylic acids is 1. The molecule has 0 heterocycles. The first-order valence-corrected chi connectivity index (χ1v) is 6.34. The van der Waals surface area contributed by atoms with E-state index < -0.39 is 18.5 Å². The van der Waals surface area contributed by atoms with Crippen LogP contribution in [-0.4, -0.2) is 49.2 Å². The van der Waals surface area contributed by atoms with Crippen molar-refractivity contribution in [2.75, 3.05) is 37.4 Å². The summed E-state index contributed by atoms with van der Waals surface area (Å²) in [5.74, 6) is 1.16. The molecule has 0 saturated heterocycles. The highest BCUT2D eigenvalue weighted by Crippen LogP contribution is 2.22. The number of carbonyl (C=O) groups is 2. The fraction of sp³-hybridized carbons (Fsp3) is 0.333. The SMILES string of the molecule is C#CCN(CC(=O)O)C(=O)Nc1ccc(C)c(N(C)C)c1. The zero-order valence-electron chi connectivity index (χ0n) is 12.4. The van der Waals surface area contributed by atoms with Crippen LogP contribution in [0.3, 0.4) is 0 Å². The Labute approximate surface area is 124 Å². The molecule has 1 aromatic rings. The molecule has 21 heavy (non-hydrogen) atoms. The molecule has 0 saturated carbocycles. The van der Waals surface area contributed by atoms with Crippen LogP contribution in [0.5, 0.6) is 0 Å². The molecule has 0 aliphatic rings. The highest BCUT2D eigenvalue weighted by molar-refractivity contribution is 5.92. The first kappa shape index (κ1) is 16.4. The van der Waals surface area contributed by atoms with Crippen LogP contribution in [0.1, 0.15) is 5.56 Å². The van der Waals surface area contributed by atoms with Crippen LogP contribution < -0.4 is 10.2 Å². The number of nitrogens with zero attached hydrogens (tertiary/aromatic N) is 2. The second kappa shape index (κ2) is 7.20. The van der Waals surface area contributed by atoms with Crippen LogP contribution in [0.25, 0.3) is 0 Å². The van der Waals surface area contributed by atoms with E-state index in [-0.39, 0.29) is 6.54 Å². The molecule has 0 aliphatic heterocycles. The molecule has 0 atom stereocenters. The Hall–Kier alpha value is -2.68. The van der Waals surface area contributed by atoms with Gasteiger partial charge in [0.15, 0.2) is 0 Å². The number of carbonyl (C=O) groups excluding carboxylic acids is 1. The number of anilines is 2. The molecule has 0 fully saturated rings. The van der Waals surface area contributed by atoms with Crippen LogP contribution in [0, 0.1) is 19.3 Å². The molecule has 0 radical (unpaired) electrons. The van der Waals surface area contributed by atoms with Gasteiger partial charge in [-0.2, -0.15) is 0 Å². The number of hydrogen-bond acceptors (Lipinski definition) is 3. The number of carboxylic acid groups (broad SMARTS) is 1. The van der Waals surface area contributed by atoms with Gasteiger partial charge in [-0.05, 0) is 24.6 Å². The third-order valence-electron chi connectivity index (χ3n) is 2.84. The zero-order chi connectivity index (χ0) is 16.0. The molecule has 1 aromatic carbocycles. The van der Waals surface area contributed by atoms with Crippen molar-refractivity contribution in [1.82, 2.24) is 4.90 Å². The molecule has 6 nitrogen and oxygen atoms in total. The maximum absolute atomic E-state index is 12.0. The van der Waals surface area contributed by atoms with Crippen LogP contribution in [0.4, 0.5) is 16.2 Å². The summed E-state index contributed by atoms with van der Waals surface area (Å²) in [5, 5.41) is 11.4. The summed E-state index contributed by atoms with van der Waals surface area (Å²) in [5.41, 5.74) is 2.63. The summed E-state index contributed by atoms with van der Waals surface area (Å²) in [6.45, 7) is 1.46. The van der Waals surface area contributed by atoms with Gasteiger partial charge in [-0.3, -0.25) is 4.79 Å². The molecule has 6 heteroatoms. The van der Waals surface area contributed by atoms with Crippen LogP contribution in [0.15, 0.2) is 18.2 Å². The van der Waals surface area contributed by atoms with Crippen molar-refractivity contribution in [2.24, 2.45) is 0 Å². The van der Waals surface area contributed by atoms with Crippen LogP contribution in [-0.2, 0) is 4.79 Å². The predicted octanol–water partition coefficient (Wildman–Crippen LogP) is 1.61. The number of hydrogen-bond donors (Lipinski definition) is 2. The van der Waals surface area contributed by atoms with Crippen molar-refractivity contribution in [3.63, 3.8) is 0 Å². The molecule has 2 amide bonds. The van der Waals surface area contributed by atoms with Gasteiger partial charge >= 0.3 is 12.0 Å². The summed E-state index contributed by atoms with van der Waals surface area (Å²) in [6, 6.07) is 4.93. The first-order valence-electron chi connectivity index (χ1n) is 6.34. The highest BCUT2D eigenvalue weighted by atomic mass is 16.4. The van der Waals surface area contributed by atoms with Gasteiger partial charge in [0.2, 0.25) is 0 Å². The van der Waals surface area contributed by atoms with Gasteiger partial charge in [-0.15, -0.1) is 6.42 Å². The average Bonchev–Trinajstić information content (AvgIpc) is 2.39. The quantitative estimate of drug-likeness (QED) is 0.808. The highest BCUT2D eigenvalue weighted by Gasteiger charge is 2.16. The Morgan fingerprint density at radius 2 is 2.05 bits per heavy atom. The largest absolute Gasteiger partial charge is 0.480 e. The number of urea groups is 1. The Morgan fingerprint density at radius 1 is 1.38 bits per heavy atom. The molecule has 0 aliphatic carbocycles. The van der Waals surface area contributed by atoms with E-state index in [1.165, 1.54) is 0 Å². The Kier molecular flexibility index (Phi) is 5.61. The van der Waals surface area contributed by atoms with E-state index in [4.69, 9.17) is 11.5 Å². The maximum atomic E-state index is 12.0. The Morgan fingerprint density at radius 3 is 2.57 bits per heavy atom. The van der Waals surface area contributed by atoms with Gasteiger partial charge in [0.1, 0.15) is 6.54 Å². The number of terminal acetylenes is 1. The fourth-order valence-electron chi connectivity index (χ4n) is 1.84. The standard InChI is InChI=1S/C15H19N3O3/c1-5-8-18(10-14(19)20)15(21)16-12-7-6-11(2)13(9-12)17(3)4/h1,6-7,9H,8,10H2,2-4H3,(H,16,21)(H,19,20). The van der Waals surface area contributed by atoms with E-state index in [0.29, 0.717) is 5.69 Å². The predicted molar refractivity (Wildman–Crippen MR) is 82.6 cm³/mol. The van der Waals surface area contributed by atoms with Crippen molar-refractivity contribution in [2.45, 2.75) is 6.92 Å². The van der Waals surface area contributed by atoms with E-state index in [9.17, 15) is 9.59 Å². The van der Waals surface area contributed by atoms with Gasteiger partial charge in [0.25, 0.3) is 0 Å². The number of nitrogens with one attached hydrogen (secondary N) is 1. The number of aryl methyl sites for hydroxylation is 1. The summed E-state index contributed by atoms with van der Waals surface area (Å²) in [7, 11) is 3.81. The number of amides is 2. The van der Waals surface area contributed by atoms with E-state index >= 15 is 0 Å². The van der Waals surface area contributed by atoms with Crippen LogP contribution >= 0.6 is 0 Å². The van der Waals surface area contributed by atoms with Gasteiger partial charge in [0.05, 0.1) is 6.54 Å². The van der Waals surface area contributed by atoms with E-state index in [1.807, 2.05) is 38.1 Å². The molecule has 0 unspecified atom stereocenters. The van der Waals surface area contributed by atoms with Crippen molar-refractivity contribution in [1.29, 1.82) is 0 Å². The van der Waals surface area contributed by atoms with Gasteiger partial charge in [-0.25, -0.2) is 4.79 Å². The molecule has 112 valence electrons. The number of benzene rings is 1.